The number of hydrogen-bond acceptors (Lipinski definition) is 5. The largest absolute Gasteiger partial charge is 0.489 e. The molecule has 0 aliphatic rings. The van der Waals surface area contributed by atoms with E-state index in [1.165, 1.54) is 16.7 Å². The van der Waals surface area contributed by atoms with E-state index in [4.69, 9.17) is 14.3 Å². The summed E-state index contributed by atoms with van der Waals surface area (Å²) in [5.74, 6) is 5.32. The van der Waals surface area contributed by atoms with Crippen molar-refractivity contribution in [3.05, 3.63) is 58.7 Å². The van der Waals surface area contributed by atoms with Gasteiger partial charge in [0.05, 0.1) is 6.10 Å². The minimum absolute atomic E-state index is 0.0972. The topological polar surface area (TPSA) is 85.6 Å². The molecule has 2 aromatic carbocycles. The van der Waals surface area contributed by atoms with Crippen LogP contribution in [0.5, 0.6) is 5.75 Å². The molecule has 0 aliphatic carbocycles. The molecule has 0 radical (unpaired) electrons. The van der Waals surface area contributed by atoms with Crippen LogP contribution in [0.4, 0.5) is 5.69 Å². The van der Waals surface area contributed by atoms with Gasteiger partial charge < -0.3 is 14.8 Å². The number of rotatable bonds is 7. The van der Waals surface area contributed by atoms with Crippen molar-refractivity contribution in [3.63, 3.8) is 0 Å². The van der Waals surface area contributed by atoms with Crippen molar-refractivity contribution in [2.24, 2.45) is 5.84 Å². The van der Waals surface area contributed by atoms with Crippen LogP contribution in [0.25, 0.3) is 0 Å². The van der Waals surface area contributed by atoms with Gasteiger partial charge in [0.2, 0.25) is 6.41 Å². The first kappa shape index (κ1) is 21.5. The maximum absolute atomic E-state index is 8.94. The zero-order valence-corrected chi connectivity index (χ0v) is 16.1. The van der Waals surface area contributed by atoms with E-state index in [0.717, 1.165) is 17.0 Å². The van der Waals surface area contributed by atoms with E-state index in [-0.39, 0.29) is 6.10 Å². The van der Waals surface area contributed by atoms with E-state index in [2.05, 4.69) is 55.3 Å². The van der Waals surface area contributed by atoms with Crippen LogP contribution < -0.4 is 21.3 Å². The van der Waals surface area contributed by atoms with E-state index in [1.54, 1.807) is 12.5 Å². The average Bonchev–Trinajstić information content (AvgIpc) is 2.67. The molecule has 2 rings (SSSR count). The molecule has 6 nitrogen and oxygen atoms in total. The van der Waals surface area contributed by atoms with Gasteiger partial charge in [-0.3, -0.25) is 10.2 Å². The summed E-state index contributed by atoms with van der Waals surface area (Å²) in [6, 6.07) is 12.4. The molecule has 0 saturated carbocycles. The molecule has 26 heavy (non-hydrogen) atoms. The van der Waals surface area contributed by atoms with Gasteiger partial charge in [-0.2, -0.15) is 0 Å². The van der Waals surface area contributed by atoms with Crippen LogP contribution in [-0.4, -0.2) is 20.6 Å². The predicted molar refractivity (Wildman–Crippen MR) is 105 cm³/mol. The Hall–Kier alpha value is -2.57. The number of methoxy groups -OCH3 is 1. The third-order valence-corrected chi connectivity index (χ3v) is 4.14. The number of benzene rings is 2. The maximum Gasteiger partial charge on any atom is 0.221 e. The molecule has 0 heterocycles. The molecule has 6 heteroatoms. The zero-order valence-electron chi connectivity index (χ0n) is 16.1. The Labute approximate surface area is 155 Å². The Morgan fingerprint density at radius 2 is 1.88 bits per heavy atom. The van der Waals surface area contributed by atoms with Gasteiger partial charge in [-0.25, -0.2) is 5.84 Å². The molecule has 142 valence electrons. The summed E-state index contributed by atoms with van der Waals surface area (Å²) in [5.41, 5.74) is 7.58. The van der Waals surface area contributed by atoms with Crippen molar-refractivity contribution in [2.45, 2.75) is 33.5 Å². The fraction of sp³-hybridized carbons (Fsp3) is 0.350. The summed E-state index contributed by atoms with van der Waals surface area (Å²) in [6.45, 7) is 6.78. The minimum atomic E-state index is 0.0972. The third kappa shape index (κ3) is 6.06. The molecular formula is C20H29N3O3. The highest BCUT2D eigenvalue weighted by Crippen LogP contribution is 2.26. The summed E-state index contributed by atoms with van der Waals surface area (Å²) in [7, 11) is 3.66. The van der Waals surface area contributed by atoms with Crippen LogP contribution in [0.1, 0.15) is 35.3 Å². The number of hydrazine groups is 1. The number of amides is 1. The highest BCUT2D eigenvalue weighted by Gasteiger charge is 2.09. The Morgan fingerprint density at radius 3 is 2.42 bits per heavy atom. The Bertz CT molecular complexity index is 705. The second kappa shape index (κ2) is 11.1. The second-order valence-electron chi connectivity index (χ2n) is 5.83. The molecule has 0 fully saturated rings. The van der Waals surface area contributed by atoms with Gasteiger partial charge in [0.15, 0.2) is 0 Å². The monoisotopic (exact) mass is 359 g/mol. The van der Waals surface area contributed by atoms with Crippen LogP contribution in [0.15, 0.2) is 36.4 Å². The predicted octanol–water partition coefficient (Wildman–Crippen LogP) is 3.24. The van der Waals surface area contributed by atoms with Crippen molar-refractivity contribution < 1.29 is 14.3 Å². The van der Waals surface area contributed by atoms with Gasteiger partial charge in [-0.05, 0) is 55.7 Å². The van der Waals surface area contributed by atoms with E-state index >= 15 is 0 Å². The average molecular weight is 359 g/mol. The number of carbonyl (C=O) groups excluding carboxylic acids is 1. The first-order valence-corrected chi connectivity index (χ1v) is 8.40. The quantitative estimate of drug-likeness (QED) is 0.306. The molecule has 1 amide bonds. The Balaban J connectivity index is 0.000000765. The van der Waals surface area contributed by atoms with Gasteiger partial charge in [0.1, 0.15) is 12.4 Å². The lowest BCUT2D eigenvalue weighted by Gasteiger charge is -2.16. The number of anilines is 1. The summed E-state index contributed by atoms with van der Waals surface area (Å²) in [6.07, 6.45) is 0.500. The lowest BCUT2D eigenvalue weighted by molar-refractivity contribution is -0.109. The van der Waals surface area contributed by atoms with Gasteiger partial charge >= 0.3 is 0 Å². The van der Waals surface area contributed by atoms with Gasteiger partial charge in [-0.15, -0.1) is 0 Å². The highest BCUT2D eigenvalue weighted by molar-refractivity contribution is 5.54. The molecule has 2 aromatic rings. The second-order valence-corrected chi connectivity index (χ2v) is 5.83. The van der Waals surface area contributed by atoms with Crippen LogP contribution >= 0.6 is 0 Å². The number of nitrogens with one attached hydrogen (secondary N) is 2. The van der Waals surface area contributed by atoms with Crippen molar-refractivity contribution in [1.82, 2.24) is 5.43 Å². The first-order chi connectivity index (χ1) is 12.5. The number of aryl methyl sites for hydroxylation is 2. The maximum atomic E-state index is 8.94. The van der Waals surface area contributed by atoms with Gasteiger partial charge in [-0.1, -0.05) is 18.2 Å². The van der Waals surface area contributed by atoms with Crippen molar-refractivity contribution in [1.29, 1.82) is 0 Å². The van der Waals surface area contributed by atoms with E-state index in [1.807, 2.05) is 20.0 Å². The molecular weight excluding hydrogens is 330 g/mol. The van der Waals surface area contributed by atoms with Crippen LogP contribution in [0.3, 0.4) is 0 Å². The third-order valence-electron chi connectivity index (χ3n) is 4.14. The van der Waals surface area contributed by atoms with E-state index < -0.39 is 0 Å². The molecule has 0 saturated heterocycles. The number of hydrogen-bond donors (Lipinski definition) is 3. The molecule has 0 aromatic heterocycles. The number of ether oxygens (including phenoxy) is 2. The molecule has 1 atom stereocenters. The van der Waals surface area contributed by atoms with Crippen LogP contribution in [-0.2, 0) is 16.1 Å². The van der Waals surface area contributed by atoms with Crippen molar-refractivity contribution >= 4 is 12.1 Å². The van der Waals surface area contributed by atoms with Crippen molar-refractivity contribution in [3.8, 4) is 5.75 Å². The van der Waals surface area contributed by atoms with Crippen LogP contribution in [0, 0.1) is 13.8 Å². The zero-order chi connectivity index (χ0) is 19.5. The number of nitrogens with two attached hydrogens (primary N) is 1. The summed E-state index contributed by atoms with van der Waals surface area (Å²) < 4.78 is 11.4. The molecule has 0 bridgehead atoms. The van der Waals surface area contributed by atoms with Crippen LogP contribution in [0.2, 0.25) is 0 Å². The fourth-order valence-electron chi connectivity index (χ4n) is 2.50. The lowest BCUT2D eigenvalue weighted by Crippen LogP contribution is -2.18. The van der Waals surface area contributed by atoms with Crippen molar-refractivity contribution in [2.75, 3.05) is 19.5 Å². The number of carbonyl (C=O) groups is 1. The van der Waals surface area contributed by atoms with E-state index in [9.17, 15) is 0 Å². The summed E-state index contributed by atoms with van der Waals surface area (Å²) >= 11 is 0. The standard InChI is InChI=1S/C19H25NO2.CH4N2O/c1-13-7-6-8-18(20-4)17(13)12-22-19-10-9-16(11-14(19)2)15(3)21-5;2-3-1-4/h6-11,15,20H,12H2,1-5H3;1H,2H2,(H,3,4). The molecule has 4 N–H and O–H groups in total. The lowest BCUT2D eigenvalue weighted by atomic mass is 10.1. The summed E-state index contributed by atoms with van der Waals surface area (Å²) in [4.78, 5) is 8.94. The molecule has 1 unspecified atom stereocenters. The fourth-order valence-corrected chi connectivity index (χ4v) is 2.50. The SMILES string of the molecule is CNc1cccc(C)c1COc1ccc(C(C)OC)cc1C.NNC=O. The van der Waals surface area contributed by atoms with Gasteiger partial charge in [0, 0.05) is 25.4 Å². The highest BCUT2D eigenvalue weighted by atomic mass is 16.5. The van der Waals surface area contributed by atoms with E-state index in [0.29, 0.717) is 13.0 Å². The molecule has 0 aliphatic heterocycles. The van der Waals surface area contributed by atoms with Gasteiger partial charge in [0.25, 0.3) is 0 Å². The summed E-state index contributed by atoms with van der Waals surface area (Å²) in [5, 5.41) is 3.22. The smallest absolute Gasteiger partial charge is 0.221 e. The Morgan fingerprint density at radius 1 is 1.19 bits per heavy atom. The minimum Gasteiger partial charge on any atom is -0.489 e. The Kier molecular flexibility index (Phi) is 9.19. The molecule has 0 spiro atoms. The normalized spacial score (nSPS) is 11.0. The first-order valence-electron chi connectivity index (χ1n) is 8.40.